The highest BCUT2D eigenvalue weighted by Gasteiger charge is 2.17. The fourth-order valence-corrected chi connectivity index (χ4v) is 2.84. The SMILES string of the molecule is CCOC(=O)/C(=C\NCc1ccc2c(c1)OCO2)c1nc2ccccc2[nH]1. The van der Waals surface area contributed by atoms with E-state index in [0.717, 1.165) is 28.1 Å². The summed E-state index contributed by atoms with van der Waals surface area (Å²) in [6.45, 7) is 2.82. The maximum atomic E-state index is 12.4. The zero-order chi connectivity index (χ0) is 18.6. The van der Waals surface area contributed by atoms with Crippen LogP contribution in [0.5, 0.6) is 11.5 Å². The number of hydrogen-bond donors (Lipinski definition) is 2. The molecule has 0 atom stereocenters. The van der Waals surface area contributed by atoms with Crippen molar-refractivity contribution in [2.45, 2.75) is 13.5 Å². The Morgan fingerprint density at radius 2 is 2.11 bits per heavy atom. The van der Waals surface area contributed by atoms with Gasteiger partial charge < -0.3 is 24.5 Å². The molecule has 0 fully saturated rings. The molecule has 27 heavy (non-hydrogen) atoms. The van der Waals surface area contributed by atoms with Gasteiger partial charge in [0, 0.05) is 12.7 Å². The van der Waals surface area contributed by atoms with E-state index in [4.69, 9.17) is 14.2 Å². The molecule has 1 aliphatic rings. The van der Waals surface area contributed by atoms with Gasteiger partial charge in [-0.3, -0.25) is 0 Å². The molecule has 1 aromatic heterocycles. The Labute approximate surface area is 156 Å². The highest BCUT2D eigenvalue weighted by atomic mass is 16.7. The Kier molecular flexibility index (Phi) is 4.65. The first kappa shape index (κ1) is 17.0. The molecule has 0 unspecified atom stereocenters. The van der Waals surface area contributed by atoms with Crippen molar-refractivity contribution in [1.82, 2.24) is 15.3 Å². The highest BCUT2D eigenvalue weighted by molar-refractivity contribution is 6.15. The van der Waals surface area contributed by atoms with E-state index in [0.29, 0.717) is 24.5 Å². The van der Waals surface area contributed by atoms with Crippen LogP contribution in [0.25, 0.3) is 16.6 Å². The number of para-hydroxylation sites is 2. The second kappa shape index (κ2) is 7.41. The average molecular weight is 365 g/mol. The second-order valence-electron chi connectivity index (χ2n) is 5.95. The summed E-state index contributed by atoms with van der Waals surface area (Å²) in [5.74, 6) is 1.49. The second-order valence-corrected chi connectivity index (χ2v) is 5.95. The van der Waals surface area contributed by atoms with Gasteiger partial charge in [-0.1, -0.05) is 18.2 Å². The van der Waals surface area contributed by atoms with Crippen LogP contribution in [-0.4, -0.2) is 29.3 Å². The molecule has 0 amide bonds. The summed E-state index contributed by atoms with van der Waals surface area (Å²) in [5.41, 5.74) is 2.99. The molecule has 2 heterocycles. The average Bonchev–Trinajstić information content (AvgIpc) is 3.31. The Balaban J connectivity index is 1.55. The molecule has 7 nitrogen and oxygen atoms in total. The van der Waals surface area contributed by atoms with E-state index in [-0.39, 0.29) is 6.79 Å². The van der Waals surface area contributed by atoms with Crippen molar-refractivity contribution >= 4 is 22.6 Å². The minimum Gasteiger partial charge on any atom is -0.462 e. The number of imidazole rings is 1. The van der Waals surface area contributed by atoms with Gasteiger partial charge in [-0.25, -0.2) is 9.78 Å². The number of H-pyrrole nitrogens is 1. The summed E-state index contributed by atoms with van der Waals surface area (Å²) in [7, 11) is 0. The third kappa shape index (κ3) is 3.57. The zero-order valence-electron chi connectivity index (χ0n) is 14.8. The third-order valence-electron chi connectivity index (χ3n) is 4.13. The summed E-state index contributed by atoms with van der Waals surface area (Å²) in [4.78, 5) is 20.0. The van der Waals surface area contributed by atoms with Crippen LogP contribution >= 0.6 is 0 Å². The number of ether oxygens (including phenoxy) is 3. The van der Waals surface area contributed by atoms with E-state index >= 15 is 0 Å². The van der Waals surface area contributed by atoms with Gasteiger partial charge in [-0.05, 0) is 36.8 Å². The van der Waals surface area contributed by atoms with E-state index in [1.54, 1.807) is 13.1 Å². The molecule has 0 spiro atoms. The summed E-state index contributed by atoms with van der Waals surface area (Å²) in [6.07, 6.45) is 1.63. The fraction of sp³-hybridized carbons (Fsp3) is 0.200. The number of nitrogens with zero attached hydrogens (tertiary/aromatic N) is 1. The number of aromatic amines is 1. The largest absolute Gasteiger partial charge is 0.462 e. The molecule has 2 aromatic carbocycles. The lowest BCUT2D eigenvalue weighted by molar-refractivity contribution is -0.136. The van der Waals surface area contributed by atoms with E-state index in [1.807, 2.05) is 42.5 Å². The topological polar surface area (TPSA) is 85.5 Å². The maximum absolute atomic E-state index is 12.4. The van der Waals surface area contributed by atoms with Gasteiger partial charge in [-0.2, -0.15) is 0 Å². The summed E-state index contributed by atoms with van der Waals surface area (Å²) in [6, 6.07) is 13.3. The van der Waals surface area contributed by atoms with Gasteiger partial charge in [0.05, 0.1) is 17.6 Å². The van der Waals surface area contributed by atoms with Crippen molar-refractivity contribution in [3.8, 4) is 11.5 Å². The lowest BCUT2D eigenvalue weighted by Gasteiger charge is -2.07. The molecular weight excluding hydrogens is 346 g/mol. The molecule has 0 saturated carbocycles. The summed E-state index contributed by atoms with van der Waals surface area (Å²) in [5, 5.41) is 3.16. The number of benzene rings is 2. The molecule has 7 heteroatoms. The van der Waals surface area contributed by atoms with Crippen molar-refractivity contribution in [2.75, 3.05) is 13.4 Å². The van der Waals surface area contributed by atoms with Gasteiger partial charge in [-0.15, -0.1) is 0 Å². The number of aromatic nitrogens is 2. The van der Waals surface area contributed by atoms with Crippen LogP contribution in [0.3, 0.4) is 0 Å². The molecule has 0 aliphatic carbocycles. The standard InChI is InChI=1S/C20H19N3O4/c1-2-25-20(24)14(19-22-15-5-3-4-6-16(15)23-19)11-21-10-13-7-8-17-18(9-13)27-12-26-17/h3-9,11,21H,2,10,12H2,1H3,(H,22,23)/b14-11-. The minimum absolute atomic E-state index is 0.241. The quantitative estimate of drug-likeness (QED) is 0.516. The van der Waals surface area contributed by atoms with Crippen molar-refractivity contribution in [3.63, 3.8) is 0 Å². The van der Waals surface area contributed by atoms with Crippen LogP contribution in [-0.2, 0) is 16.1 Å². The van der Waals surface area contributed by atoms with E-state index in [9.17, 15) is 4.79 Å². The van der Waals surface area contributed by atoms with Crippen LogP contribution < -0.4 is 14.8 Å². The van der Waals surface area contributed by atoms with Gasteiger partial charge in [0.25, 0.3) is 0 Å². The van der Waals surface area contributed by atoms with Crippen molar-refractivity contribution in [2.24, 2.45) is 0 Å². The maximum Gasteiger partial charge on any atom is 0.343 e. The molecule has 2 N–H and O–H groups in total. The smallest absolute Gasteiger partial charge is 0.343 e. The molecule has 0 radical (unpaired) electrons. The lowest BCUT2D eigenvalue weighted by Crippen LogP contribution is -2.13. The van der Waals surface area contributed by atoms with Crippen LogP contribution in [0.1, 0.15) is 18.3 Å². The Bertz CT molecular complexity index is 976. The van der Waals surface area contributed by atoms with Crippen LogP contribution in [0.4, 0.5) is 0 Å². The Morgan fingerprint density at radius 1 is 1.26 bits per heavy atom. The molecule has 138 valence electrons. The highest BCUT2D eigenvalue weighted by Crippen LogP contribution is 2.32. The normalized spacial score (nSPS) is 13.0. The van der Waals surface area contributed by atoms with E-state index < -0.39 is 5.97 Å². The first-order valence-corrected chi connectivity index (χ1v) is 8.69. The number of rotatable bonds is 6. The van der Waals surface area contributed by atoms with Gasteiger partial charge >= 0.3 is 5.97 Å². The molecule has 1 aliphatic heterocycles. The predicted molar refractivity (Wildman–Crippen MR) is 100 cm³/mol. The van der Waals surface area contributed by atoms with Crippen molar-refractivity contribution < 1.29 is 19.0 Å². The van der Waals surface area contributed by atoms with Crippen LogP contribution in [0, 0.1) is 0 Å². The van der Waals surface area contributed by atoms with Gasteiger partial charge in [0.2, 0.25) is 6.79 Å². The number of esters is 1. The molecule has 4 rings (SSSR count). The van der Waals surface area contributed by atoms with Gasteiger partial charge in [0.15, 0.2) is 11.5 Å². The molecule has 0 saturated heterocycles. The van der Waals surface area contributed by atoms with Gasteiger partial charge in [0.1, 0.15) is 11.4 Å². The predicted octanol–water partition coefficient (Wildman–Crippen LogP) is 2.99. The first-order valence-electron chi connectivity index (χ1n) is 8.69. The van der Waals surface area contributed by atoms with Crippen LogP contribution in [0.15, 0.2) is 48.7 Å². The van der Waals surface area contributed by atoms with E-state index in [1.165, 1.54) is 0 Å². The Morgan fingerprint density at radius 3 is 2.96 bits per heavy atom. The zero-order valence-corrected chi connectivity index (χ0v) is 14.8. The number of carbonyl (C=O) groups excluding carboxylic acids is 1. The van der Waals surface area contributed by atoms with E-state index in [2.05, 4.69) is 15.3 Å². The number of nitrogens with one attached hydrogen (secondary N) is 2. The Hall–Kier alpha value is -3.48. The number of hydrogen-bond acceptors (Lipinski definition) is 6. The third-order valence-corrected chi connectivity index (χ3v) is 4.13. The fourth-order valence-electron chi connectivity index (χ4n) is 2.84. The summed E-state index contributed by atoms with van der Waals surface area (Å²) < 4.78 is 15.9. The first-order chi connectivity index (χ1) is 13.2. The monoisotopic (exact) mass is 365 g/mol. The number of carbonyl (C=O) groups is 1. The molecule has 0 bridgehead atoms. The van der Waals surface area contributed by atoms with Crippen molar-refractivity contribution in [1.29, 1.82) is 0 Å². The minimum atomic E-state index is -0.435. The molecule has 3 aromatic rings. The number of fused-ring (bicyclic) bond motifs is 2. The van der Waals surface area contributed by atoms with Crippen molar-refractivity contribution in [3.05, 3.63) is 60.1 Å². The molecular formula is C20H19N3O4. The lowest BCUT2D eigenvalue weighted by atomic mass is 10.2. The van der Waals surface area contributed by atoms with Crippen LogP contribution in [0.2, 0.25) is 0 Å². The summed E-state index contributed by atoms with van der Waals surface area (Å²) >= 11 is 0.